The third kappa shape index (κ3) is 7.55. The Morgan fingerprint density at radius 2 is 1.49 bits per heavy atom. The SMILES string of the molecule is Cc1ccc(COc2ccc(/C=N\NC(=O)CN(c3cc(C)cc(C)c3)S(=O)(=O)c3ccccc3)cc2)cc1. The Bertz CT molecular complexity index is 1530. The molecule has 0 atom stereocenters. The van der Waals surface area contributed by atoms with Gasteiger partial charge in [-0.15, -0.1) is 0 Å². The molecule has 200 valence electrons. The molecule has 0 aliphatic carbocycles. The van der Waals surface area contributed by atoms with E-state index in [1.54, 1.807) is 30.3 Å². The summed E-state index contributed by atoms with van der Waals surface area (Å²) in [5, 5.41) is 4.02. The van der Waals surface area contributed by atoms with Crippen molar-refractivity contribution in [1.29, 1.82) is 0 Å². The van der Waals surface area contributed by atoms with Crippen molar-refractivity contribution in [2.45, 2.75) is 32.3 Å². The molecule has 0 radical (unpaired) electrons. The van der Waals surface area contributed by atoms with Crippen LogP contribution in [0.4, 0.5) is 5.69 Å². The Balaban J connectivity index is 1.41. The zero-order valence-corrected chi connectivity index (χ0v) is 23.0. The number of hydrogen-bond donors (Lipinski definition) is 1. The Morgan fingerprint density at radius 1 is 0.846 bits per heavy atom. The second-order valence-corrected chi connectivity index (χ2v) is 11.2. The largest absolute Gasteiger partial charge is 0.489 e. The Morgan fingerprint density at radius 3 is 2.13 bits per heavy atom. The van der Waals surface area contributed by atoms with Crippen molar-refractivity contribution in [3.8, 4) is 5.75 Å². The van der Waals surface area contributed by atoms with E-state index in [1.807, 2.05) is 75.4 Å². The molecule has 7 nitrogen and oxygen atoms in total. The summed E-state index contributed by atoms with van der Waals surface area (Å²) in [6.45, 7) is 5.84. The molecule has 0 saturated carbocycles. The highest BCUT2D eigenvalue weighted by Gasteiger charge is 2.27. The molecule has 8 heteroatoms. The van der Waals surface area contributed by atoms with E-state index in [1.165, 1.54) is 23.9 Å². The molecule has 0 bridgehead atoms. The Kier molecular flexibility index (Phi) is 8.78. The molecular weight excluding hydrogens is 510 g/mol. The third-order valence-corrected chi connectivity index (χ3v) is 7.71. The second-order valence-electron chi connectivity index (χ2n) is 9.31. The van der Waals surface area contributed by atoms with Crippen molar-refractivity contribution in [2.75, 3.05) is 10.8 Å². The number of rotatable bonds is 10. The second kappa shape index (κ2) is 12.4. The molecular formula is C31H31N3O4S. The van der Waals surface area contributed by atoms with E-state index in [-0.39, 0.29) is 4.90 Å². The molecule has 4 aromatic carbocycles. The maximum Gasteiger partial charge on any atom is 0.264 e. The number of nitrogens with one attached hydrogen (secondary N) is 1. The number of aryl methyl sites for hydroxylation is 3. The van der Waals surface area contributed by atoms with Crippen LogP contribution in [0.3, 0.4) is 0 Å². The van der Waals surface area contributed by atoms with Crippen LogP contribution in [0, 0.1) is 20.8 Å². The van der Waals surface area contributed by atoms with E-state index in [2.05, 4.69) is 10.5 Å². The van der Waals surface area contributed by atoms with Gasteiger partial charge in [-0.1, -0.05) is 54.1 Å². The monoisotopic (exact) mass is 541 g/mol. The number of benzene rings is 4. The molecule has 39 heavy (non-hydrogen) atoms. The third-order valence-electron chi connectivity index (χ3n) is 5.92. The van der Waals surface area contributed by atoms with E-state index < -0.39 is 22.5 Å². The molecule has 1 amide bonds. The van der Waals surface area contributed by atoms with Gasteiger partial charge in [-0.3, -0.25) is 9.10 Å². The number of nitrogens with zero attached hydrogens (tertiary/aromatic N) is 2. The average Bonchev–Trinajstić information content (AvgIpc) is 2.92. The summed E-state index contributed by atoms with van der Waals surface area (Å²) in [5.41, 5.74) is 7.67. The molecule has 1 N–H and O–H groups in total. The van der Waals surface area contributed by atoms with Gasteiger partial charge in [0, 0.05) is 0 Å². The first kappa shape index (κ1) is 27.6. The normalized spacial score (nSPS) is 11.4. The fourth-order valence-corrected chi connectivity index (χ4v) is 5.40. The number of carbonyl (C=O) groups excluding carboxylic acids is 1. The van der Waals surface area contributed by atoms with Crippen LogP contribution in [0.1, 0.15) is 27.8 Å². The first-order valence-electron chi connectivity index (χ1n) is 12.5. The lowest BCUT2D eigenvalue weighted by atomic mass is 10.1. The average molecular weight is 542 g/mol. The zero-order chi connectivity index (χ0) is 27.8. The predicted molar refractivity (Wildman–Crippen MR) is 155 cm³/mol. The maximum atomic E-state index is 13.5. The molecule has 0 unspecified atom stereocenters. The molecule has 0 spiro atoms. The molecule has 0 aliphatic heterocycles. The van der Waals surface area contributed by atoms with Crippen molar-refractivity contribution < 1.29 is 17.9 Å². The number of ether oxygens (including phenoxy) is 1. The summed E-state index contributed by atoms with van der Waals surface area (Å²) in [4.78, 5) is 12.9. The fraction of sp³-hybridized carbons (Fsp3) is 0.161. The van der Waals surface area contributed by atoms with E-state index in [0.29, 0.717) is 18.0 Å². The van der Waals surface area contributed by atoms with Gasteiger partial charge in [0.05, 0.1) is 16.8 Å². The molecule has 4 aromatic rings. The highest BCUT2D eigenvalue weighted by molar-refractivity contribution is 7.92. The van der Waals surface area contributed by atoms with Gasteiger partial charge in [-0.25, -0.2) is 13.8 Å². The first-order chi connectivity index (χ1) is 18.7. The van der Waals surface area contributed by atoms with Gasteiger partial charge in [0.1, 0.15) is 18.9 Å². The topological polar surface area (TPSA) is 88.1 Å². The number of amides is 1. The molecule has 0 aromatic heterocycles. The molecule has 0 fully saturated rings. The Hall–Kier alpha value is -4.43. The fourth-order valence-electron chi connectivity index (χ4n) is 3.98. The van der Waals surface area contributed by atoms with Gasteiger partial charge in [-0.2, -0.15) is 5.10 Å². The van der Waals surface area contributed by atoms with Crippen LogP contribution in [0.2, 0.25) is 0 Å². The van der Waals surface area contributed by atoms with Crippen molar-refractivity contribution >= 4 is 27.8 Å². The lowest BCUT2D eigenvalue weighted by Gasteiger charge is -2.24. The molecule has 4 rings (SSSR count). The van der Waals surface area contributed by atoms with Gasteiger partial charge in [0.2, 0.25) is 0 Å². The highest BCUT2D eigenvalue weighted by atomic mass is 32.2. The van der Waals surface area contributed by atoms with Gasteiger partial charge in [0.25, 0.3) is 15.9 Å². The first-order valence-corrected chi connectivity index (χ1v) is 13.9. The molecule has 0 heterocycles. The number of sulfonamides is 1. The summed E-state index contributed by atoms with van der Waals surface area (Å²) in [7, 11) is -3.99. The number of carbonyl (C=O) groups is 1. The van der Waals surface area contributed by atoms with Gasteiger partial charge in [0.15, 0.2) is 0 Å². The molecule has 0 aliphatic rings. The van der Waals surface area contributed by atoms with Crippen LogP contribution in [-0.4, -0.2) is 27.1 Å². The van der Waals surface area contributed by atoms with Crippen molar-refractivity contribution in [2.24, 2.45) is 5.10 Å². The zero-order valence-electron chi connectivity index (χ0n) is 22.2. The van der Waals surface area contributed by atoms with Crippen molar-refractivity contribution in [3.05, 3.63) is 125 Å². The summed E-state index contributed by atoms with van der Waals surface area (Å²) in [5.74, 6) is 0.148. The van der Waals surface area contributed by atoms with Crippen LogP contribution in [0.25, 0.3) is 0 Å². The minimum Gasteiger partial charge on any atom is -0.489 e. The summed E-state index contributed by atoms with van der Waals surface area (Å²) >= 11 is 0. The van der Waals surface area contributed by atoms with Crippen LogP contribution in [0.15, 0.2) is 107 Å². The number of anilines is 1. The van der Waals surface area contributed by atoms with Gasteiger partial charge >= 0.3 is 0 Å². The van der Waals surface area contributed by atoms with E-state index in [0.717, 1.165) is 26.6 Å². The van der Waals surface area contributed by atoms with Crippen LogP contribution >= 0.6 is 0 Å². The summed E-state index contributed by atoms with van der Waals surface area (Å²) in [6, 6.07) is 28.9. The maximum absolute atomic E-state index is 13.5. The summed E-state index contributed by atoms with van der Waals surface area (Å²) in [6.07, 6.45) is 1.49. The predicted octanol–water partition coefficient (Wildman–Crippen LogP) is 5.54. The van der Waals surface area contributed by atoms with E-state index in [9.17, 15) is 13.2 Å². The highest BCUT2D eigenvalue weighted by Crippen LogP contribution is 2.25. The number of hydrogen-bond acceptors (Lipinski definition) is 5. The number of hydrazone groups is 1. The lowest BCUT2D eigenvalue weighted by molar-refractivity contribution is -0.119. The summed E-state index contributed by atoms with van der Waals surface area (Å²) < 4.78 is 33.9. The van der Waals surface area contributed by atoms with Crippen LogP contribution < -0.4 is 14.5 Å². The van der Waals surface area contributed by atoms with Crippen LogP contribution in [-0.2, 0) is 21.4 Å². The van der Waals surface area contributed by atoms with E-state index in [4.69, 9.17) is 4.74 Å². The standard InChI is InChI=1S/C31H31N3O4S/c1-23-9-11-27(12-10-23)22-38-29-15-13-26(14-16-29)20-32-33-31(35)21-34(28-18-24(2)17-25(3)19-28)39(36,37)30-7-5-4-6-8-30/h4-20H,21-22H2,1-3H3,(H,33,35)/b32-20-. The van der Waals surface area contributed by atoms with Crippen molar-refractivity contribution in [3.63, 3.8) is 0 Å². The van der Waals surface area contributed by atoms with Crippen LogP contribution in [0.5, 0.6) is 5.75 Å². The van der Waals surface area contributed by atoms with Gasteiger partial charge < -0.3 is 4.74 Å². The minimum absolute atomic E-state index is 0.102. The van der Waals surface area contributed by atoms with E-state index >= 15 is 0 Å². The minimum atomic E-state index is -3.99. The van der Waals surface area contributed by atoms with Gasteiger partial charge in [-0.05, 0) is 91.6 Å². The Labute approximate surface area is 229 Å². The quantitative estimate of drug-likeness (QED) is 0.211. The lowest BCUT2D eigenvalue weighted by Crippen LogP contribution is -2.39. The smallest absolute Gasteiger partial charge is 0.264 e. The van der Waals surface area contributed by atoms with Crippen molar-refractivity contribution in [1.82, 2.24) is 5.43 Å². The molecule has 0 saturated heterocycles.